The van der Waals surface area contributed by atoms with E-state index >= 15 is 0 Å². The monoisotopic (exact) mass is 402 g/mol. The van der Waals surface area contributed by atoms with Gasteiger partial charge >= 0.3 is 5.97 Å². The van der Waals surface area contributed by atoms with Crippen LogP contribution in [-0.2, 0) is 19.0 Å². The lowest BCUT2D eigenvalue weighted by Gasteiger charge is -2.61. The van der Waals surface area contributed by atoms with Gasteiger partial charge in [-0.15, -0.1) is 0 Å². The van der Waals surface area contributed by atoms with Crippen LogP contribution in [0, 0.1) is 16.7 Å². The molecule has 0 aromatic carbocycles. The Morgan fingerprint density at radius 3 is 2.62 bits per heavy atom. The molecular formula is C24H34O5. The normalized spacial score (nSPS) is 39.0. The molecular weight excluding hydrogens is 368 g/mol. The predicted octanol–water partition coefficient (Wildman–Crippen LogP) is 4.09. The third kappa shape index (κ3) is 3.65. The fraction of sp³-hybridized carbons (Fsp3) is 0.625. The molecule has 0 aromatic rings. The van der Waals surface area contributed by atoms with Crippen molar-refractivity contribution in [3.63, 3.8) is 0 Å². The molecule has 0 aromatic heterocycles. The van der Waals surface area contributed by atoms with Gasteiger partial charge < -0.3 is 19.3 Å². The minimum absolute atomic E-state index is 0.0484. The number of aliphatic hydroxyl groups is 1. The Morgan fingerprint density at radius 2 is 1.93 bits per heavy atom. The maximum absolute atomic E-state index is 12.5. The summed E-state index contributed by atoms with van der Waals surface area (Å²) in [4.78, 5) is 12.5. The third-order valence-electron chi connectivity index (χ3n) is 7.06. The molecule has 0 amide bonds. The molecule has 5 heteroatoms. The van der Waals surface area contributed by atoms with E-state index in [2.05, 4.69) is 20.8 Å². The number of rotatable bonds is 5. The number of hydrogen-bond donors (Lipinski definition) is 1. The van der Waals surface area contributed by atoms with Crippen molar-refractivity contribution in [2.45, 2.75) is 65.0 Å². The number of esters is 1. The van der Waals surface area contributed by atoms with E-state index in [-0.39, 0.29) is 23.9 Å². The SMILES string of the molecule is C/C=C/C=C/C=C/C(=O)O[C@@H]1C=C2COC(OC)[C@]2(O)[C@@]2(C)CCCC(C)(C)[C@H]12. The van der Waals surface area contributed by atoms with Gasteiger partial charge in [-0.2, -0.15) is 0 Å². The van der Waals surface area contributed by atoms with E-state index in [1.807, 2.05) is 31.2 Å². The van der Waals surface area contributed by atoms with Crippen molar-refractivity contribution in [2.75, 3.05) is 13.7 Å². The molecule has 1 N–H and O–H groups in total. The molecule has 1 aliphatic heterocycles. The highest BCUT2D eigenvalue weighted by Crippen LogP contribution is 2.64. The van der Waals surface area contributed by atoms with E-state index < -0.39 is 23.4 Å². The Labute approximate surface area is 174 Å². The zero-order chi connectivity index (χ0) is 21.3. The predicted molar refractivity (Wildman–Crippen MR) is 112 cm³/mol. The molecule has 0 bridgehead atoms. The van der Waals surface area contributed by atoms with Crippen LogP contribution in [0.25, 0.3) is 0 Å². The highest BCUT2D eigenvalue weighted by molar-refractivity contribution is 5.82. The van der Waals surface area contributed by atoms with Crippen molar-refractivity contribution in [3.05, 3.63) is 48.1 Å². The molecule has 1 unspecified atom stereocenters. The van der Waals surface area contributed by atoms with E-state index in [0.29, 0.717) is 0 Å². The van der Waals surface area contributed by atoms with Gasteiger partial charge in [0.05, 0.1) is 6.61 Å². The van der Waals surface area contributed by atoms with Crippen molar-refractivity contribution >= 4 is 5.97 Å². The first-order valence-corrected chi connectivity index (χ1v) is 10.5. The molecule has 3 aliphatic rings. The summed E-state index contributed by atoms with van der Waals surface area (Å²) >= 11 is 0. The van der Waals surface area contributed by atoms with Gasteiger partial charge in [-0.3, -0.25) is 0 Å². The summed E-state index contributed by atoms with van der Waals surface area (Å²) in [6.45, 7) is 8.72. The van der Waals surface area contributed by atoms with E-state index in [9.17, 15) is 9.90 Å². The number of allylic oxidation sites excluding steroid dienone is 5. The minimum atomic E-state index is -1.21. The number of carbonyl (C=O) groups is 1. The van der Waals surface area contributed by atoms with Gasteiger partial charge in [0.1, 0.15) is 11.7 Å². The second-order valence-electron chi connectivity index (χ2n) is 9.25. The van der Waals surface area contributed by atoms with Crippen molar-refractivity contribution in [2.24, 2.45) is 16.7 Å². The summed E-state index contributed by atoms with van der Waals surface area (Å²) in [6, 6.07) is 0. The molecule has 2 aliphatic carbocycles. The van der Waals surface area contributed by atoms with Crippen LogP contribution in [0.1, 0.15) is 47.0 Å². The van der Waals surface area contributed by atoms with Crippen LogP contribution < -0.4 is 0 Å². The quantitative estimate of drug-likeness (QED) is 0.325. The summed E-state index contributed by atoms with van der Waals surface area (Å²) in [5.41, 5.74) is -1.07. The second-order valence-corrected chi connectivity index (χ2v) is 9.25. The molecule has 1 saturated heterocycles. The van der Waals surface area contributed by atoms with Crippen LogP contribution in [0.2, 0.25) is 0 Å². The topological polar surface area (TPSA) is 65.0 Å². The fourth-order valence-electron chi connectivity index (χ4n) is 5.86. The highest BCUT2D eigenvalue weighted by atomic mass is 16.7. The van der Waals surface area contributed by atoms with Crippen LogP contribution in [-0.4, -0.2) is 42.8 Å². The third-order valence-corrected chi connectivity index (χ3v) is 7.06. The number of methoxy groups -OCH3 is 1. The first-order valence-electron chi connectivity index (χ1n) is 10.5. The lowest BCUT2D eigenvalue weighted by Crippen LogP contribution is -2.66. The molecule has 0 radical (unpaired) electrons. The van der Waals surface area contributed by atoms with Crippen molar-refractivity contribution in [1.82, 2.24) is 0 Å². The maximum Gasteiger partial charge on any atom is 0.331 e. The molecule has 3 rings (SSSR count). The zero-order valence-electron chi connectivity index (χ0n) is 18.2. The Hall–Kier alpha value is -1.69. The number of fused-ring (bicyclic) bond motifs is 3. The van der Waals surface area contributed by atoms with Crippen molar-refractivity contribution < 1.29 is 24.1 Å². The molecule has 5 atom stereocenters. The Balaban J connectivity index is 1.94. The van der Waals surface area contributed by atoms with Gasteiger partial charge in [0.15, 0.2) is 6.29 Å². The van der Waals surface area contributed by atoms with Gasteiger partial charge in [0, 0.05) is 24.5 Å². The van der Waals surface area contributed by atoms with Crippen LogP contribution in [0.15, 0.2) is 48.1 Å². The standard InChI is InChI=1S/C24H34O5/c1-6-7-8-9-10-12-19(25)29-18-15-17-16-28-21(27-5)24(17,26)23(4)14-11-13-22(2,3)20(18)23/h6-10,12,15,18,20-21,26H,11,13-14,16H2,1-5H3/b7-6+,9-8+,12-10+/t18-,20+,21?,23+,24+/m1/s1. The lowest BCUT2D eigenvalue weighted by atomic mass is 9.46. The zero-order valence-corrected chi connectivity index (χ0v) is 18.2. The smallest absolute Gasteiger partial charge is 0.331 e. The molecule has 0 spiro atoms. The molecule has 1 heterocycles. The first-order chi connectivity index (χ1) is 13.7. The number of carbonyl (C=O) groups excluding carboxylic acids is 1. The van der Waals surface area contributed by atoms with E-state index in [1.54, 1.807) is 19.3 Å². The van der Waals surface area contributed by atoms with Crippen LogP contribution in [0.3, 0.4) is 0 Å². The Morgan fingerprint density at radius 1 is 1.21 bits per heavy atom. The van der Waals surface area contributed by atoms with Gasteiger partial charge in [-0.05, 0) is 36.8 Å². The van der Waals surface area contributed by atoms with E-state index in [1.165, 1.54) is 6.08 Å². The summed E-state index contributed by atoms with van der Waals surface area (Å²) in [5, 5.41) is 11.8. The summed E-state index contributed by atoms with van der Waals surface area (Å²) in [7, 11) is 1.57. The molecule has 29 heavy (non-hydrogen) atoms. The van der Waals surface area contributed by atoms with E-state index in [0.717, 1.165) is 24.8 Å². The summed E-state index contributed by atoms with van der Waals surface area (Å²) in [5.74, 6) is -0.430. The largest absolute Gasteiger partial charge is 0.455 e. The molecule has 160 valence electrons. The van der Waals surface area contributed by atoms with Crippen molar-refractivity contribution in [1.29, 1.82) is 0 Å². The van der Waals surface area contributed by atoms with Gasteiger partial charge in [-0.1, -0.05) is 57.6 Å². The minimum Gasteiger partial charge on any atom is -0.455 e. The lowest BCUT2D eigenvalue weighted by molar-refractivity contribution is -0.252. The number of ether oxygens (including phenoxy) is 3. The van der Waals surface area contributed by atoms with Crippen LogP contribution >= 0.6 is 0 Å². The van der Waals surface area contributed by atoms with Gasteiger partial charge in [-0.25, -0.2) is 4.79 Å². The Bertz CT molecular complexity index is 746. The fourth-order valence-corrected chi connectivity index (χ4v) is 5.86. The maximum atomic E-state index is 12.5. The van der Waals surface area contributed by atoms with Crippen molar-refractivity contribution in [3.8, 4) is 0 Å². The highest BCUT2D eigenvalue weighted by Gasteiger charge is 2.68. The van der Waals surface area contributed by atoms with Gasteiger partial charge in [0.2, 0.25) is 0 Å². The average molecular weight is 403 g/mol. The van der Waals surface area contributed by atoms with Crippen LogP contribution in [0.5, 0.6) is 0 Å². The molecule has 2 fully saturated rings. The summed E-state index contributed by atoms with van der Waals surface area (Å²) in [6.07, 6.45) is 14.2. The van der Waals surface area contributed by atoms with Crippen LogP contribution in [0.4, 0.5) is 0 Å². The van der Waals surface area contributed by atoms with Gasteiger partial charge in [0.25, 0.3) is 0 Å². The first kappa shape index (κ1) is 22.0. The average Bonchev–Trinajstić information content (AvgIpc) is 2.98. The Kier molecular flexibility index (Phi) is 6.23. The second kappa shape index (κ2) is 8.21. The van der Waals surface area contributed by atoms with E-state index in [4.69, 9.17) is 14.2 Å². The summed E-state index contributed by atoms with van der Waals surface area (Å²) < 4.78 is 17.2. The number of hydrogen-bond acceptors (Lipinski definition) is 5. The molecule has 5 nitrogen and oxygen atoms in total. The molecule has 1 saturated carbocycles.